The first kappa shape index (κ1) is 20.6. The quantitative estimate of drug-likeness (QED) is 0.705. The molecule has 0 spiro atoms. The zero-order valence-corrected chi connectivity index (χ0v) is 18.9. The minimum absolute atomic E-state index is 0.0340. The monoisotopic (exact) mass is 432 g/mol. The largest absolute Gasteiger partial charge is 0.454 e. The number of fused-ring (bicyclic) bond motifs is 2. The summed E-state index contributed by atoms with van der Waals surface area (Å²) in [5.74, 6) is 1.11. The summed E-state index contributed by atoms with van der Waals surface area (Å²) in [5, 5.41) is 3.53. The number of Topliss-reactive ketones (excluding diaryl/α,β-unsaturated/α-hetero) is 1. The van der Waals surface area contributed by atoms with Crippen molar-refractivity contribution in [2.75, 3.05) is 17.0 Å². The Kier molecular flexibility index (Phi) is 4.77. The minimum Gasteiger partial charge on any atom is -0.454 e. The first-order valence-electron chi connectivity index (χ1n) is 11.1. The molecule has 0 radical (unpaired) electrons. The SMILES string of the molecule is CC(C)C(=O)N1c2ccccc2NC2=C(C(=O)CC(C)(C)C2)C1c1ccc2c(c1)OCO2. The molecule has 3 aliphatic rings. The van der Waals surface area contributed by atoms with E-state index >= 15 is 0 Å². The number of hydrogen-bond acceptors (Lipinski definition) is 5. The fraction of sp³-hybridized carbons (Fsp3) is 0.385. The van der Waals surface area contributed by atoms with Crippen LogP contribution < -0.4 is 19.7 Å². The molecule has 6 nitrogen and oxygen atoms in total. The smallest absolute Gasteiger partial charge is 0.231 e. The van der Waals surface area contributed by atoms with Gasteiger partial charge in [-0.05, 0) is 41.7 Å². The van der Waals surface area contributed by atoms with Crippen LogP contribution in [-0.4, -0.2) is 18.5 Å². The van der Waals surface area contributed by atoms with Crippen molar-refractivity contribution in [3.05, 3.63) is 59.3 Å². The Morgan fingerprint density at radius 3 is 2.62 bits per heavy atom. The van der Waals surface area contributed by atoms with Gasteiger partial charge in [0.1, 0.15) is 0 Å². The molecule has 1 amide bonds. The molecule has 5 rings (SSSR count). The van der Waals surface area contributed by atoms with E-state index in [9.17, 15) is 9.59 Å². The molecule has 1 unspecified atom stereocenters. The van der Waals surface area contributed by atoms with E-state index < -0.39 is 6.04 Å². The molecule has 2 aromatic rings. The van der Waals surface area contributed by atoms with Gasteiger partial charge in [0, 0.05) is 23.6 Å². The number of carbonyl (C=O) groups is 2. The van der Waals surface area contributed by atoms with Gasteiger partial charge in [-0.25, -0.2) is 0 Å². The number of nitrogens with one attached hydrogen (secondary N) is 1. The molecule has 1 aliphatic carbocycles. The van der Waals surface area contributed by atoms with E-state index in [-0.39, 0.29) is 29.8 Å². The Labute approximate surface area is 188 Å². The van der Waals surface area contributed by atoms with Crippen LogP contribution in [0.4, 0.5) is 11.4 Å². The van der Waals surface area contributed by atoms with E-state index in [4.69, 9.17) is 9.47 Å². The lowest BCUT2D eigenvalue weighted by Gasteiger charge is -2.37. The van der Waals surface area contributed by atoms with Crippen molar-refractivity contribution in [2.24, 2.45) is 11.3 Å². The lowest BCUT2D eigenvalue weighted by atomic mass is 9.73. The summed E-state index contributed by atoms with van der Waals surface area (Å²) in [4.78, 5) is 29.1. The van der Waals surface area contributed by atoms with Crippen molar-refractivity contribution < 1.29 is 19.1 Å². The second kappa shape index (κ2) is 7.40. The topological polar surface area (TPSA) is 67.9 Å². The molecule has 1 atom stereocenters. The zero-order valence-electron chi connectivity index (χ0n) is 18.9. The number of nitrogens with zero attached hydrogens (tertiary/aromatic N) is 1. The third-order valence-electron chi connectivity index (χ3n) is 6.34. The van der Waals surface area contributed by atoms with E-state index in [2.05, 4.69) is 19.2 Å². The predicted octanol–water partition coefficient (Wildman–Crippen LogP) is 5.21. The third-order valence-corrected chi connectivity index (χ3v) is 6.34. The maximum atomic E-state index is 13.6. The maximum absolute atomic E-state index is 13.6. The molecule has 32 heavy (non-hydrogen) atoms. The summed E-state index contributed by atoms with van der Waals surface area (Å²) >= 11 is 0. The molecule has 166 valence electrons. The van der Waals surface area contributed by atoms with Crippen molar-refractivity contribution in [2.45, 2.75) is 46.6 Å². The van der Waals surface area contributed by atoms with Gasteiger partial charge in [0.15, 0.2) is 17.3 Å². The van der Waals surface area contributed by atoms with Crippen LogP contribution in [0, 0.1) is 11.3 Å². The van der Waals surface area contributed by atoms with Crippen LogP contribution in [0.5, 0.6) is 11.5 Å². The van der Waals surface area contributed by atoms with E-state index in [0.717, 1.165) is 29.1 Å². The van der Waals surface area contributed by atoms with Crippen LogP contribution in [-0.2, 0) is 9.59 Å². The Morgan fingerprint density at radius 2 is 1.84 bits per heavy atom. The van der Waals surface area contributed by atoms with Gasteiger partial charge >= 0.3 is 0 Å². The summed E-state index contributed by atoms with van der Waals surface area (Å²) in [5.41, 5.74) is 3.84. The van der Waals surface area contributed by atoms with Gasteiger partial charge in [-0.15, -0.1) is 0 Å². The molecule has 2 heterocycles. The molecule has 2 aliphatic heterocycles. The maximum Gasteiger partial charge on any atom is 0.231 e. The molecule has 0 aromatic heterocycles. The summed E-state index contributed by atoms with van der Waals surface area (Å²) < 4.78 is 11.1. The van der Waals surface area contributed by atoms with Crippen molar-refractivity contribution in [1.29, 1.82) is 0 Å². The van der Waals surface area contributed by atoms with Crippen molar-refractivity contribution in [1.82, 2.24) is 0 Å². The number of para-hydroxylation sites is 2. The minimum atomic E-state index is -0.547. The number of allylic oxidation sites excluding steroid dienone is 1. The highest BCUT2D eigenvalue weighted by molar-refractivity contribution is 6.06. The van der Waals surface area contributed by atoms with Crippen LogP contribution in [0.3, 0.4) is 0 Å². The summed E-state index contributed by atoms with van der Waals surface area (Å²) in [7, 11) is 0. The normalized spacial score (nSPS) is 21.1. The highest BCUT2D eigenvalue weighted by Crippen LogP contribution is 2.49. The molecule has 0 saturated heterocycles. The number of ketones is 1. The van der Waals surface area contributed by atoms with Gasteiger partial charge in [-0.2, -0.15) is 0 Å². The first-order chi connectivity index (χ1) is 15.2. The van der Waals surface area contributed by atoms with E-state index in [1.807, 2.05) is 56.3 Å². The number of benzene rings is 2. The molecular formula is C26H28N2O4. The average Bonchev–Trinajstić information content (AvgIpc) is 3.14. The Bertz CT molecular complexity index is 1150. The number of hydrogen-bond donors (Lipinski definition) is 1. The molecule has 0 fully saturated rings. The number of carbonyl (C=O) groups excluding carboxylic acids is 2. The number of rotatable bonds is 2. The van der Waals surface area contributed by atoms with Gasteiger partial charge < -0.3 is 14.8 Å². The zero-order chi connectivity index (χ0) is 22.6. The number of amides is 1. The van der Waals surface area contributed by atoms with Crippen LogP contribution in [0.25, 0.3) is 0 Å². The molecule has 6 heteroatoms. The average molecular weight is 433 g/mol. The van der Waals surface area contributed by atoms with Crippen molar-refractivity contribution >= 4 is 23.1 Å². The highest BCUT2D eigenvalue weighted by atomic mass is 16.7. The molecule has 2 aromatic carbocycles. The fourth-order valence-corrected chi connectivity index (χ4v) is 4.91. The van der Waals surface area contributed by atoms with E-state index in [0.29, 0.717) is 23.5 Å². The molecule has 1 N–H and O–H groups in total. The fourth-order valence-electron chi connectivity index (χ4n) is 4.91. The predicted molar refractivity (Wildman–Crippen MR) is 123 cm³/mol. The van der Waals surface area contributed by atoms with Gasteiger partial charge in [0.2, 0.25) is 12.7 Å². The molecular weight excluding hydrogens is 404 g/mol. The lowest BCUT2D eigenvalue weighted by molar-refractivity contribution is -0.122. The first-order valence-corrected chi connectivity index (χ1v) is 11.1. The van der Waals surface area contributed by atoms with Gasteiger partial charge in [-0.1, -0.05) is 45.9 Å². The van der Waals surface area contributed by atoms with Crippen LogP contribution in [0.15, 0.2) is 53.7 Å². The number of ether oxygens (including phenoxy) is 2. The van der Waals surface area contributed by atoms with Gasteiger partial charge in [0.25, 0.3) is 0 Å². The summed E-state index contributed by atoms with van der Waals surface area (Å²) in [6.07, 6.45) is 1.17. The molecule has 0 saturated carbocycles. The Balaban J connectivity index is 1.78. The third kappa shape index (κ3) is 3.34. The van der Waals surface area contributed by atoms with Crippen molar-refractivity contribution in [3.63, 3.8) is 0 Å². The lowest BCUT2D eigenvalue weighted by Crippen LogP contribution is -2.41. The summed E-state index contributed by atoms with van der Waals surface area (Å²) in [6, 6.07) is 12.9. The highest BCUT2D eigenvalue weighted by Gasteiger charge is 2.43. The van der Waals surface area contributed by atoms with Gasteiger partial charge in [0.05, 0.1) is 17.4 Å². The standard InChI is InChI=1S/C26H28N2O4/c1-15(2)25(30)28-19-8-6-5-7-17(19)27-18-12-26(3,4)13-20(29)23(18)24(28)16-9-10-21-22(11-16)32-14-31-21/h5-11,15,24,27H,12-14H2,1-4H3. The van der Waals surface area contributed by atoms with E-state index in [1.54, 1.807) is 4.90 Å². The second-order valence-corrected chi connectivity index (χ2v) is 9.85. The van der Waals surface area contributed by atoms with Crippen LogP contribution in [0.2, 0.25) is 0 Å². The second-order valence-electron chi connectivity index (χ2n) is 9.85. The molecule has 0 bridgehead atoms. The van der Waals surface area contributed by atoms with Crippen LogP contribution in [0.1, 0.15) is 52.1 Å². The summed E-state index contributed by atoms with van der Waals surface area (Å²) in [6.45, 7) is 8.17. The Hall–Kier alpha value is -3.28. The van der Waals surface area contributed by atoms with E-state index in [1.165, 1.54) is 0 Å². The van der Waals surface area contributed by atoms with Crippen LogP contribution >= 0.6 is 0 Å². The number of anilines is 2. The Morgan fingerprint density at radius 1 is 1.09 bits per heavy atom. The van der Waals surface area contributed by atoms with Gasteiger partial charge in [-0.3, -0.25) is 14.5 Å². The van der Waals surface area contributed by atoms with Crippen molar-refractivity contribution in [3.8, 4) is 11.5 Å².